The molecule has 1 saturated heterocycles. The van der Waals surface area contributed by atoms with E-state index < -0.39 is 0 Å². The number of aliphatic hydroxyl groups excluding tert-OH is 1. The van der Waals surface area contributed by atoms with Crippen molar-refractivity contribution >= 4 is 5.69 Å². The Morgan fingerprint density at radius 2 is 1.79 bits per heavy atom. The summed E-state index contributed by atoms with van der Waals surface area (Å²) in [5, 5.41) is 9.56. The van der Waals surface area contributed by atoms with Gasteiger partial charge < -0.3 is 14.9 Å². The maximum Gasteiger partial charge on any atom is 0.0648 e. The molecule has 19 heavy (non-hydrogen) atoms. The van der Waals surface area contributed by atoms with Gasteiger partial charge in [-0.2, -0.15) is 0 Å². The third kappa shape index (κ3) is 3.28. The number of nitrogens with zero attached hydrogens (tertiary/aromatic N) is 2. The van der Waals surface area contributed by atoms with Crippen molar-refractivity contribution in [3.05, 3.63) is 29.8 Å². The van der Waals surface area contributed by atoms with E-state index in [4.69, 9.17) is 0 Å². The minimum absolute atomic E-state index is 0.191. The van der Waals surface area contributed by atoms with Gasteiger partial charge in [-0.1, -0.05) is 32.9 Å². The molecule has 0 aliphatic carbocycles. The number of anilines is 1. The van der Waals surface area contributed by atoms with E-state index in [1.165, 1.54) is 11.3 Å². The second-order valence-corrected chi connectivity index (χ2v) is 6.59. The lowest BCUT2D eigenvalue weighted by molar-refractivity contribution is 0.191. The summed E-state index contributed by atoms with van der Waals surface area (Å²) < 4.78 is 0. The van der Waals surface area contributed by atoms with Crippen LogP contribution in [0.1, 0.15) is 26.3 Å². The topological polar surface area (TPSA) is 26.7 Å². The van der Waals surface area contributed by atoms with Gasteiger partial charge >= 0.3 is 0 Å². The van der Waals surface area contributed by atoms with Gasteiger partial charge in [0.1, 0.15) is 0 Å². The molecule has 1 N–H and O–H groups in total. The summed E-state index contributed by atoms with van der Waals surface area (Å²) in [6, 6.07) is 9.01. The maximum atomic E-state index is 9.56. The Hall–Kier alpha value is -1.06. The average Bonchev–Trinajstić information content (AvgIpc) is 2.37. The lowest BCUT2D eigenvalue weighted by atomic mass is 9.87. The molecular formula is C16H26N2O. The van der Waals surface area contributed by atoms with Gasteiger partial charge in [-0.3, -0.25) is 0 Å². The highest BCUT2D eigenvalue weighted by molar-refractivity contribution is 5.50. The number of rotatable bonds is 2. The van der Waals surface area contributed by atoms with Crippen molar-refractivity contribution in [3.63, 3.8) is 0 Å². The first kappa shape index (κ1) is 14.4. The minimum Gasteiger partial charge on any atom is -0.394 e. The smallest absolute Gasteiger partial charge is 0.0648 e. The van der Waals surface area contributed by atoms with Crippen LogP contribution < -0.4 is 4.90 Å². The quantitative estimate of drug-likeness (QED) is 0.884. The van der Waals surface area contributed by atoms with E-state index in [9.17, 15) is 5.11 Å². The molecule has 3 heteroatoms. The zero-order valence-corrected chi connectivity index (χ0v) is 12.6. The summed E-state index contributed by atoms with van der Waals surface area (Å²) in [5.41, 5.74) is 2.77. The third-order valence-corrected chi connectivity index (χ3v) is 3.96. The van der Waals surface area contributed by atoms with Crippen molar-refractivity contribution in [2.75, 3.05) is 38.2 Å². The first-order chi connectivity index (χ1) is 8.91. The lowest BCUT2D eigenvalue weighted by Gasteiger charge is -2.40. The Labute approximate surface area is 116 Å². The SMILES string of the molecule is CN1CCN(c2ccc(C(C)(C)C)cc2)C(CO)C1. The van der Waals surface area contributed by atoms with E-state index in [1.54, 1.807) is 0 Å². The summed E-state index contributed by atoms with van der Waals surface area (Å²) >= 11 is 0. The Morgan fingerprint density at radius 1 is 1.16 bits per heavy atom. The highest BCUT2D eigenvalue weighted by atomic mass is 16.3. The van der Waals surface area contributed by atoms with Crippen LogP contribution in [-0.2, 0) is 5.41 Å². The van der Waals surface area contributed by atoms with Crippen molar-refractivity contribution in [2.45, 2.75) is 32.2 Å². The van der Waals surface area contributed by atoms with Crippen molar-refractivity contribution in [3.8, 4) is 0 Å². The van der Waals surface area contributed by atoms with Crippen LogP contribution in [0.15, 0.2) is 24.3 Å². The fraction of sp³-hybridized carbons (Fsp3) is 0.625. The zero-order valence-electron chi connectivity index (χ0n) is 12.6. The second kappa shape index (κ2) is 5.51. The first-order valence-corrected chi connectivity index (χ1v) is 7.08. The van der Waals surface area contributed by atoms with Crippen LogP contribution in [0.4, 0.5) is 5.69 Å². The van der Waals surface area contributed by atoms with Gasteiger partial charge in [0.15, 0.2) is 0 Å². The van der Waals surface area contributed by atoms with Crippen LogP contribution in [0.2, 0.25) is 0 Å². The van der Waals surface area contributed by atoms with E-state index in [1.807, 2.05) is 0 Å². The molecule has 1 unspecified atom stereocenters. The maximum absolute atomic E-state index is 9.56. The number of piperazine rings is 1. The van der Waals surface area contributed by atoms with E-state index >= 15 is 0 Å². The van der Waals surface area contributed by atoms with Gasteiger partial charge in [0.2, 0.25) is 0 Å². The molecule has 0 saturated carbocycles. The zero-order chi connectivity index (χ0) is 14.0. The van der Waals surface area contributed by atoms with Crippen LogP contribution in [0.5, 0.6) is 0 Å². The monoisotopic (exact) mass is 262 g/mol. The summed E-state index contributed by atoms with van der Waals surface area (Å²) in [5.74, 6) is 0. The molecule has 1 aliphatic heterocycles. The van der Waals surface area contributed by atoms with E-state index in [0.717, 1.165) is 19.6 Å². The molecule has 1 atom stereocenters. The van der Waals surface area contributed by atoms with Crippen molar-refractivity contribution < 1.29 is 5.11 Å². The van der Waals surface area contributed by atoms with Crippen molar-refractivity contribution in [1.29, 1.82) is 0 Å². The number of benzene rings is 1. The Bertz CT molecular complexity index is 408. The molecule has 0 amide bonds. The fourth-order valence-corrected chi connectivity index (χ4v) is 2.66. The molecule has 3 nitrogen and oxygen atoms in total. The number of aliphatic hydroxyl groups is 1. The number of hydrogen-bond donors (Lipinski definition) is 1. The van der Waals surface area contributed by atoms with Gasteiger partial charge in [-0.05, 0) is 30.2 Å². The number of hydrogen-bond acceptors (Lipinski definition) is 3. The Kier molecular flexibility index (Phi) is 4.16. The van der Waals surface area contributed by atoms with Crippen LogP contribution in [0.3, 0.4) is 0 Å². The molecule has 0 radical (unpaired) electrons. The molecule has 2 rings (SSSR count). The van der Waals surface area contributed by atoms with E-state index in [0.29, 0.717) is 0 Å². The highest BCUT2D eigenvalue weighted by Crippen LogP contribution is 2.26. The van der Waals surface area contributed by atoms with Gasteiger partial charge in [-0.15, -0.1) is 0 Å². The van der Waals surface area contributed by atoms with Gasteiger partial charge in [0.05, 0.1) is 12.6 Å². The van der Waals surface area contributed by atoms with Crippen LogP contribution in [0, 0.1) is 0 Å². The fourth-order valence-electron chi connectivity index (χ4n) is 2.66. The van der Waals surface area contributed by atoms with Crippen molar-refractivity contribution in [1.82, 2.24) is 4.90 Å². The van der Waals surface area contributed by atoms with Crippen molar-refractivity contribution in [2.24, 2.45) is 0 Å². The normalized spacial score (nSPS) is 21.7. The molecule has 1 heterocycles. The van der Waals surface area contributed by atoms with Gasteiger partial charge in [-0.25, -0.2) is 0 Å². The molecule has 1 aromatic carbocycles. The molecular weight excluding hydrogens is 236 g/mol. The van der Waals surface area contributed by atoms with Gasteiger partial charge in [0, 0.05) is 25.3 Å². The summed E-state index contributed by atoms with van der Waals surface area (Å²) in [6.45, 7) is 9.87. The van der Waals surface area contributed by atoms with Crippen LogP contribution in [-0.4, -0.2) is 49.3 Å². The molecule has 106 valence electrons. The average molecular weight is 262 g/mol. The molecule has 1 aliphatic rings. The Balaban J connectivity index is 2.17. The van der Waals surface area contributed by atoms with E-state index in [2.05, 4.69) is 61.9 Å². The standard InChI is InChI=1S/C16H26N2O/c1-16(2,3)13-5-7-14(8-6-13)18-10-9-17(4)11-15(18)12-19/h5-8,15,19H,9-12H2,1-4H3. The minimum atomic E-state index is 0.191. The second-order valence-electron chi connectivity index (χ2n) is 6.59. The molecule has 1 aromatic rings. The molecule has 1 fully saturated rings. The predicted molar refractivity (Wildman–Crippen MR) is 80.9 cm³/mol. The number of likely N-dealkylation sites (N-methyl/N-ethyl adjacent to an activating group) is 1. The Morgan fingerprint density at radius 3 is 2.32 bits per heavy atom. The molecule has 0 spiro atoms. The first-order valence-electron chi connectivity index (χ1n) is 7.08. The summed E-state index contributed by atoms with van der Waals surface area (Å²) in [7, 11) is 2.11. The molecule has 0 bridgehead atoms. The predicted octanol–water partition coefficient (Wildman–Crippen LogP) is 2.10. The van der Waals surface area contributed by atoms with Crippen LogP contribution >= 0.6 is 0 Å². The summed E-state index contributed by atoms with van der Waals surface area (Å²) in [6.07, 6.45) is 0. The van der Waals surface area contributed by atoms with Crippen LogP contribution in [0.25, 0.3) is 0 Å². The van der Waals surface area contributed by atoms with E-state index in [-0.39, 0.29) is 18.1 Å². The lowest BCUT2D eigenvalue weighted by Crippen LogP contribution is -2.53. The third-order valence-electron chi connectivity index (χ3n) is 3.96. The largest absolute Gasteiger partial charge is 0.394 e. The highest BCUT2D eigenvalue weighted by Gasteiger charge is 2.25. The summed E-state index contributed by atoms with van der Waals surface area (Å²) in [4.78, 5) is 4.60. The van der Waals surface area contributed by atoms with Gasteiger partial charge in [0.25, 0.3) is 0 Å². The molecule has 0 aromatic heterocycles.